The molecule has 2 aliphatic carbocycles. The van der Waals surface area contributed by atoms with Crippen molar-refractivity contribution >= 4 is 5.97 Å². The van der Waals surface area contributed by atoms with Crippen molar-refractivity contribution in [2.24, 2.45) is 5.92 Å². The highest BCUT2D eigenvalue weighted by molar-refractivity contribution is 5.92. The molecular formula is C28H40O2. The van der Waals surface area contributed by atoms with Crippen LogP contribution in [0.4, 0.5) is 0 Å². The smallest absolute Gasteiger partial charge is 0.338 e. The zero-order chi connectivity index (χ0) is 21.3. The Kier molecular flexibility index (Phi) is 8.86. The minimum atomic E-state index is -0.202. The predicted molar refractivity (Wildman–Crippen MR) is 125 cm³/mol. The van der Waals surface area contributed by atoms with Crippen molar-refractivity contribution in [3.63, 3.8) is 0 Å². The third-order valence-corrected chi connectivity index (χ3v) is 7.58. The van der Waals surface area contributed by atoms with Gasteiger partial charge in [0, 0.05) is 5.56 Å². The molecule has 1 aromatic rings. The standard InChI is InChI=1S/C28H40O2/c1-4-6-7-9-12-21-15-17-24(18-16-21)27-25(28(29)30-3)20-19-22(5-2)26(27)23-13-10-8-11-14-23/h2,19-21,23-24H,4,6-18H2,1,3H3. The van der Waals surface area contributed by atoms with Crippen molar-refractivity contribution < 1.29 is 9.53 Å². The Morgan fingerprint density at radius 1 is 0.967 bits per heavy atom. The zero-order valence-corrected chi connectivity index (χ0v) is 19.2. The number of terminal acetylenes is 1. The summed E-state index contributed by atoms with van der Waals surface area (Å²) in [7, 11) is 1.49. The summed E-state index contributed by atoms with van der Waals surface area (Å²) in [4.78, 5) is 12.7. The van der Waals surface area contributed by atoms with E-state index in [1.165, 1.54) is 108 Å². The van der Waals surface area contributed by atoms with E-state index in [0.29, 0.717) is 11.8 Å². The molecule has 0 atom stereocenters. The van der Waals surface area contributed by atoms with Crippen LogP contribution in [0.25, 0.3) is 0 Å². The van der Waals surface area contributed by atoms with Gasteiger partial charge in [0.2, 0.25) is 0 Å². The number of carbonyl (C=O) groups excluding carboxylic acids is 1. The molecule has 0 aliphatic heterocycles. The molecule has 0 amide bonds. The summed E-state index contributed by atoms with van der Waals surface area (Å²) >= 11 is 0. The molecule has 0 aromatic heterocycles. The summed E-state index contributed by atoms with van der Waals surface area (Å²) in [5, 5.41) is 0. The van der Waals surface area contributed by atoms with Gasteiger partial charge in [0.1, 0.15) is 0 Å². The van der Waals surface area contributed by atoms with Crippen molar-refractivity contribution in [1.29, 1.82) is 0 Å². The molecule has 0 radical (unpaired) electrons. The highest BCUT2D eigenvalue weighted by Crippen LogP contribution is 2.45. The summed E-state index contributed by atoms with van der Waals surface area (Å²) < 4.78 is 5.19. The molecular weight excluding hydrogens is 368 g/mol. The number of rotatable bonds is 8. The number of ether oxygens (including phenoxy) is 1. The Hall–Kier alpha value is -1.75. The van der Waals surface area contributed by atoms with E-state index in [2.05, 4.69) is 12.8 Å². The van der Waals surface area contributed by atoms with Gasteiger partial charge in [0.05, 0.1) is 12.7 Å². The minimum absolute atomic E-state index is 0.202. The van der Waals surface area contributed by atoms with E-state index in [1.54, 1.807) is 0 Å². The Balaban J connectivity index is 1.85. The van der Waals surface area contributed by atoms with Crippen molar-refractivity contribution in [3.8, 4) is 12.3 Å². The van der Waals surface area contributed by atoms with Crippen LogP contribution in [0, 0.1) is 18.3 Å². The van der Waals surface area contributed by atoms with E-state index in [9.17, 15) is 4.79 Å². The highest BCUT2D eigenvalue weighted by atomic mass is 16.5. The van der Waals surface area contributed by atoms with E-state index in [1.807, 2.05) is 12.1 Å². The zero-order valence-electron chi connectivity index (χ0n) is 19.2. The monoisotopic (exact) mass is 408 g/mol. The molecule has 30 heavy (non-hydrogen) atoms. The Morgan fingerprint density at radius 3 is 2.30 bits per heavy atom. The molecule has 2 saturated carbocycles. The normalized spacial score (nSPS) is 22.4. The van der Waals surface area contributed by atoms with Gasteiger partial charge < -0.3 is 4.74 Å². The molecule has 2 nitrogen and oxygen atoms in total. The van der Waals surface area contributed by atoms with Gasteiger partial charge in [-0.3, -0.25) is 0 Å². The van der Waals surface area contributed by atoms with Crippen molar-refractivity contribution in [2.75, 3.05) is 7.11 Å². The van der Waals surface area contributed by atoms with Gasteiger partial charge in [-0.05, 0) is 79.5 Å². The Labute approximate surface area is 184 Å². The molecule has 0 bridgehead atoms. The molecule has 0 spiro atoms. The van der Waals surface area contributed by atoms with Crippen LogP contribution in [0.2, 0.25) is 0 Å². The van der Waals surface area contributed by atoms with Crippen LogP contribution in [-0.2, 0) is 4.74 Å². The van der Waals surface area contributed by atoms with Gasteiger partial charge in [-0.15, -0.1) is 6.42 Å². The van der Waals surface area contributed by atoms with E-state index < -0.39 is 0 Å². The van der Waals surface area contributed by atoms with Crippen molar-refractivity contribution in [1.82, 2.24) is 0 Å². The molecule has 0 unspecified atom stereocenters. The first-order chi connectivity index (χ1) is 14.7. The van der Waals surface area contributed by atoms with Gasteiger partial charge >= 0.3 is 5.97 Å². The second-order valence-corrected chi connectivity index (χ2v) is 9.53. The van der Waals surface area contributed by atoms with Gasteiger partial charge in [-0.1, -0.05) is 64.2 Å². The molecule has 0 heterocycles. The maximum atomic E-state index is 12.7. The van der Waals surface area contributed by atoms with Gasteiger partial charge in [0.15, 0.2) is 0 Å². The average Bonchev–Trinajstić information content (AvgIpc) is 2.81. The number of hydrogen-bond donors (Lipinski definition) is 0. The van der Waals surface area contributed by atoms with E-state index in [4.69, 9.17) is 11.2 Å². The fraction of sp³-hybridized carbons (Fsp3) is 0.679. The summed E-state index contributed by atoms with van der Waals surface area (Å²) in [5.74, 6) is 4.54. The second-order valence-electron chi connectivity index (χ2n) is 9.53. The van der Waals surface area contributed by atoms with Crippen LogP contribution < -0.4 is 0 Å². The Morgan fingerprint density at radius 2 is 1.67 bits per heavy atom. The number of benzene rings is 1. The predicted octanol–water partition coefficient (Wildman–Crippen LogP) is 7.75. The lowest BCUT2D eigenvalue weighted by atomic mass is 9.70. The largest absolute Gasteiger partial charge is 0.465 e. The summed E-state index contributed by atoms with van der Waals surface area (Å²) in [5.41, 5.74) is 4.33. The fourth-order valence-electron chi connectivity index (χ4n) is 5.92. The Bertz CT molecular complexity index is 728. The topological polar surface area (TPSA) is 26.3 Å². The van der Waals surface area contributed by atoms with Crippen LogP contribution in [0.1, 0.15) is 136 Å². The summed E-state index contributed by atoms with van der Waals surface area (Å²) in [6.07, 6.45) is 23.9. The first kappa shape index (κ1) is 22.9. The van der Waals surface area contributed by atoms with Crippen LogP contribution in [-0.4, -0.2) is 13.1 Å². The highest BCUT2D eigenvalue weighted by Gasteiger charge is 2.32. The maximum absolute atomic E-state index is 12.7. The molecule has 164 valence electrons. The van der Waals surface area contributed by atoms with Gasteiger partial charge in [0.25, 0.3) is 0 Å². The number of unbranched alkanes of at least 4 members (excludes halogenated alkanes) is 3. The number of esters is 1. The lowest BCUT2D eigenvalue weighted by molar-refractivity contribution is 0.0598. The van der Waals surface area contributed by atoms with Gasteiger partial charge in [-0.2, -0.15) is 0 Å². The van der Waals surface area contributed by atoms with Crippen LogP contribution in [0.3, 0.4) is 0 Å². The fourth-order valence-corrected chi connectivity index (χ4v) is 5.92. The second kappa shape index (κ2) is 11.6. The molecule has 2 fully saturated rings. The molecule has 0 N–H and O–H groups in total. The first-order valence-corrected chi connectivity index (χ1v) is 12.4. The molecule has 2 aliphatic rings. The van der Waals surface area contributed by atoms with E-state index >= 15 is 0 Å². The average molecular weight is 409 g/mol. The van der Waals surface area contributed by atoms with Crippen LogP contribution >= 0.6 is 0 Å². The SMILES string of the molecule is C#Cc1ccc(C(=O)OC)c(C2CCC(CCCCCC)CC2)c1C1CCCCC1. The maximum Gasteiger partial charge on any atom is 0.338 e. The third kappa shape index (κ3) is 5.48. The minimum Gasteiger partial charge on any atom is -0.465 e. The summed E-state index contributed by atoms with van der Waals surface area (Å²) in [6, 6.07) is 3.92. The number of carbonyl (C=O) groups is 1. The van der Waals surface area contributed by atoms with Crippen molar-refractivity contribution in [2.45, 2.75) is 109 Å². The van der Waals surface area contributed by atoms with Crippen LogP contribution in [0.15, 0.2) is 12.1 Å². The lowest BCUT2D eigenvalue weighted by Crippen LogP contribution is -2.21. The number of hydrogen-bond acceptors (Lipinski definition) is 2. The quantitative estimate of drug-likeness (QED) is 0.250. The van der Waals surface area contributed by atoms with Crippen molar-refractivity contribution in [3.05, 3.63) is 34.4 Å². The van der Waals surface area contributed by atoms with E-state index in [-0.39, 0.29) is 5.97 Å². The molecule has 2 heteroatoms. The molecule has 0 saturated heterocycles. The molecule has 1 aromatic carbocycles. The molecule has 3 rings (SSSR count). The van der Waals surface area contributed by atoms with E-state index in [0.717, 1.165) is 17.0 Å². The first-order valence-electron chi connectivity index (χ1n) is 12.4. The third-order valence-electron chi connectivity index (χ3n) is 7.58. The van der Waals surface area contributed by atoms with Crippen LogP contribution in [0.5, 0.6) is 0 Å². The number of methoxy groups -OCH3 is 1. The lowest BCUT2D eigenvalue weighted by Gasteiger charge is -2.34. The van der Waals surface area contributed by atoms with Gasteiger partial charge in [-0.25, -0.2) is 4.79 Å². The summed E-state index contributed by atoms with van der Waals surface area (Å²) in [6.45, 7) is 2.28.